The summed E-state index contributed by atoms with van der Waals surface area (Å²) in [6, 6.07) is 17.4. The second kappa shape index (κ2) is 9.05. The molecule has 0 aromatic heterocycles. The van der Waals surface area contributed by atoms with Gasteiger partial charge in [0, 0.05) is 17.8 Å². The molecule has 4 nitrogen and oxygen atoms in total. The highest BCUT2D eigenvalue weighted by Crippen LogP contribution is 2.25. The normalized spacial score (nSPS) is 13.2. The van der Waals surface area contributed by atoms with Gasteiger partial charge in [-0.3, -0.25) is 9.79 Å². The first kappa shape index (κ1) is 18.7. The fourth-order valence-corrected chi connectivity index (χ4v) is 2.96. The molecule has 0 aliphatic heterocycles. The molecule has 27 heavy (non-hydrogen) atoms. The second-order valence-corrected chi connectivity index (χ2v) is 6.64. The molecule has 0 saturated carbocycles. The molecule has 2 aromatic carbocycles. The number of ketones is 1. The first-order valence-electron chi connectivity index (χ1n) is 8.77. The van der Waals surface area contributed by atoms with Crippen LogP contribution in [0.15, 0.2) is 83.4 Å². The molecule has 2 N–H and O–H groups in total. The number of nitrogens with zero attached hydrogens (tertiary/aromatic N) is 1. The van der Waals surface area contributed by atoms with Gasteiger partial charge < -0.3 is 10.6 Å². The van der Waals surface area contributed by atoms with Crippen LogP contribution in [0.3, 0.4) is 0 Å². The molecule has 0 amide bonds. The smallest absolute Gasteiger partial charge is 0.175 e. The maximum Gasteiger partial charge on any atom is 0.175 e. The number of allylic oxidation sites excluding steroid dienone is 4. The van der Waals surface area contributed by atoms with Crippen molar-refractivity contribution in [3.63, 3.8) is 0 Å². The quantitative estimate of drug-likeness (QED) is 0.522. The first-order valence-corrected chi connectivity index (χ1v) is 9.18. The van der Waals surface area contributed by atoms with Crippen LogP contribution >= 0.6 is 12.2 Å². The molecule has 1 aliphatic rings. The minimum absolute atomic E-state index is 0.118. The molecule has 0 bridgehead atoms. The molecule has 0 fully saturated rings. The number of carbonyl (C=O) groups excluding carboxylic acids is 1. The predicted octanol–water partition coefficient (Wildman–Crippen LogP) is 5.43. The van der Waals surface area contributed by atoms with Crippen molar-refractivity contribution in [2.45, 2.75) is 19.8 Å². The van der Waals surface area contributed by atoms with E-state index in [2.05, 4.69) is 15.6 Å². The first-order chi connectivity index (χ1) is 13.1. The largest absolute Gasteiger partial charge is 0.332 e. The minimum Gasteiger partial charge on any atom is -0.332 e. The number of hydrogen-bond acceptors (Lipinski definition) is 3. The third kappa shape index (κ3) is 5.46. The molecule has 0 spiro atoms. The van der Waals surface area contributed by atoms with Crippen LogP contribution < -0.4 is 10.6 Å². The molecule has 0 atom stereocenters. The van der Waals surface area contributed by atoms with E-state index in [1.807, 2.05) is 79.7 Å². The monoisotopic (exact) mass is 375 g/mol. The van der Waals surface area contributed by atoms with Gasteiger partial charge in [0.05, 0.1) is 11.4 Å². The lowest BCUT2D eigenvalue weighted by atomic mass is 10.1. The van der Waals surface area contributed by atoms with E-state index in [1.165, 1.54) is 0 Å². The molecule has 136 valence electrons. The summed E-state index contributed by atoms with van der Waals surface area (Å²) in [4.78, 5) is 16.9. The average Bonchev–Trinajstić information content (AvgIpc) is 3.19. The van der Waals surface area contributed by atoms with E-state index in [0.717, 1.165) is 28.3 Å². The molecule has 0 radical (unpaired) electrons. The van der Waals surface area contributed by atoms with Crippen molar-refractivity contribution in [1.82, 2.24) is 0 Å². The highest BCUT2D eigenvalue weighted by molar-refractivity contribution is 7.80. The summed E-state index contributed by atoms with van der Waals surface area (Å²) in [5, 5.41) is 6.81. The maximum atomic E-state index is 12.3. The summed E-state index contributed by atoms with van der Waals surface area (Å²) < 4.78 is 0. The Bertz CT molecular complexity index is 930. The Kier molecular flexibility index (Phi) is 6.28. The topological polar surface area (TPSA) is 53.5 Å². The second-order valence-electron chi connectivity index (χ2n) is 6.23. The van der Waals surface area contributed by atoms with Gasteiger partial charge in [-0.25, -0.2) is 0 Å². The van der Waals surface area contributed by atoms with Crippen LogP contribution in [0.1, 0.15) is 19.8 Å². The van der Waals surface area contributed by atoms with Crippen LogP contribution in [-0.2, 0) is 4.79 Å². The van der Waals surface area contributed by atoms with Gasteiger partial charge in [0.1, 0.15) is 0 Å². The number of hydrogen-bond donors (Lipinski definition) is 2. The highest BCUT2D eigenvalue weighted by atomic mass is 32.1. The maximum absolute atomic E-state index is 12.3. The molecular formula is C22H21N3OS. The summed E-state index contributed by atoms with van der Waals surface area (Å²) in [6.07, 6.45) is 6.80. The van der Waals surface area contributed by atoms with Gasteiger partial charge >= 0.3 is 0 Å². The van der Waals surface area contributed by atoms with E-state index in [1.54, 1.807) is 0 Å². The van der Waals surface area contributed by atoms with Gasteiger partial charge in [-0.15, -0.1) is 0 Å². The van der Waals surface area contributed by atoms with Crippen molar-refractivity contribution in [3.05, 3.63) is 78.4 Å². The Morgan fingerprint density at radius 1 is 1.07 bits per heavy atom. The Morgan fingerprint density at radius 2 is 1.81 bits per heavy atom. The average molecular weight is 375 g/mol. The predicted molar refractivity (Wildman–Crippen MR) is 117 cm³/mol. The van der Waals surface area contributed by atoms with E-state index >= 15 is 0 Å². The van der Waals surface area contributed by atoms with Gasteiger partial charge in [-0.2, -0.15) is 0 Å². The van der Waals surface area contributed by atoms with Crippen molar-refractivity contribution in [1.29, 1.82) is 0 Å². The number of anilines is 2. The van der Waals surface area contributed by atoms with Crippen molar-refractivity contribution < 1.29 is 4.79 Å². The lowest BCUT2D eigenvalue weighted by Crippen LogP contribution is -2.19. The lowest BCUT2D eigenvalue weighted by Gasteiger charge is -2.12. The van der Waals surface area contributed by atoms with E-state index in [9.17, 15) is 4.79 Å². The zero-order chi connectivity index (χ0) is 19.1. The van der Waals surface area contributed by atoms with Gasteiger partial charge in [-0.05, 0) is 55.4 Å². The Balaban J connectivity index is 1.67. The number of nitrogens with one attached hydrogen (secondary N) is 2. The van der Waals surface area contributed by atoms with Crippen LogP contribution in [-0.4, -0.2) is 16.6 Å². The third-order valence-corrected chi connectivity index (χ3v) is 4.25. The summed E-state index contributed by atoms with van der Waals surface area (Å²) in [7, 11) is 0. The summed E-state index contributed by atoms with van der Waals surface area (Å²) >= 11 is 5.39. The molecule has 3 rings (SSSR count). The molecule has 0 unspecified atom stereocenters. The zero-order valence-corrected chi connectivity index (χ0v) is 15.9. The van der Waals surface area contributed by atoms with Gasteiger partial charge in [-0.1, -0.05) is 48.6 Å². The molecule has 2 aromatic rings. The van der Waals surface area contributed by atoms with Crippen molar-refractivity contribution in [2.75, 3.05) is 10.6 Å². The van der Waals surface area contributed by atoms with Crippen LogP contribution in [0, 0.1) is 0 Å². The van der Waals surface area contributed by atoms with Crippen molar-refractivity contribution in [3.8, 4) is 0 Å². The van der Waals surface area contributed by atoms with E-state index < -0.39 is 0 Å². The summed E-state index contributed by atoms with van der Waals surface area (Å²) in [6.45, 7) is 1.87. The van der Waals surface area contributed by atoms with Crippen molar-refractivity contribution >= 4 is 45.9 Å². The number of para-hydroxylation sites is 3. The molecule has 5 heteroatoms. The Labute approximate surface area is 164 Å². The summed E-state index contributed by atoms with van der Waals surface area (Å²) in [5.74, 6) is 0.118. The van der Waals surface area contributed by atoms with Crippen LogP contribution in [0.4, 0.5) is 17.1 Å². The van der Waals surface area contributed by atoms with E-state index in [0.29, 0.717) is 18.0 Å². The SMILES string of the molecule is CC(CC(=O)C1=CC=CC1)=Nc1ccccc1NC(=S)Nc1ccccc1. The van der Waals surface area contributed by atoms with Crippen LogP contribution in [0.5, 0.6) is 0 Å². The fourth-order valence-electron chi connectivity index (χ4n) is 2.73. The van der Waals surface area contributed by atoms with E-state index in [4.69, 9.17) is 12.2 Å². The van der Waals surface area contributed by atoms with Gasteiger partial charge in [0.2, 0.25) is 0 Å². The highest BCUT2D eigenvalue weighted by Gasteiger charge is 2.12. The zero-order valence-electron chi connectivity index (χ0n) is 15.1. The number of aliphatic imine (C=N–C) groups is 1. The Hall–Kier alpha value is -3.05. The molecule has 1 aliphatic carbocycles. The van der Waals surface area contributed by atoms with Crippen molar-refractivity contribution in [2.24, 2.45) is 4.99 Å². The number of rotatable bonds is 6. The van der Waals surface area contributed by atoms with Gasteiger partial charge in [0.25, 0.3) is 0 Å². The number of benzene rings is 2. The number of carbonyl (C=O) groups is 1. The number of thiocarbonyl (C=S) groups is 1. The van der Waals surface area contributed by atoms with E-state index in [-0.39, 0.29) is 5.78 Å². The molecule has 0 saturated heterocycles. The third-order valence-electron chi connectivity index (χ3n) is 4.04. The Morgan fingerprint density at radius 3 is 2.56 bits per heavy atom. The van der Waals surface area contributed by atoms with Crippen LogP contribution in [0.2, 0.25) is 0 Å². The molecular weight excluding hydrogens is 354 g/mol. The lowest BCUT2D eigenvalue weighted by molar-refractivity contribution is -0.114. The minimum atomic E-state index is 0.118. The standard InChI is InChI=1S/C22H21N3OS/c1-16(15-21(26)17-9-5-6-10-17)23-19-13-7-8-14-20(19)25-22(27)24-18-11-3-2-4-12-18/h2-9,11-14H,10,15H2,1H3,(H2,24,25,27). The molecule has 0 heterocycles. The van der Waals surface area contributed by atoms with Gasteiger partial charge in [0.15, 0.2) is 10.9 Å². The fraction of sp³-hybridized carbons (Fsp3) is 0.136. The summed E-state index contributed by atoms with van der Waals surface area (Å²) in [5.41, 5.74) is 4.06. The number of Topliss-reactive ketones (excluding diaryl/α,β-unsaturated/α-hetero) is 1. The van der Waals surface area contributed by atoms with Crippen LogP contribution in [0.25, 0.3) is 0 Å².